The summed E-state index contributed by atoms with van der Waals surface area (Å²) in [6.45, 7) is 9.76. The van der Waals surface area contributed by atoms with Gasteiger partial charge in [-0.05, 0) is 69.5 Å². The second-order valence-corrected chi connectivity index (χ2v) is 8.20. The SMILES string of the molecule is Cc1ccc(-n2nc(C)c(C(=O)NCc3ccc(CN4CCCC4)cc3)n2)c(C)c1. The van der Waals surface area contributed by atoms with E-state index in [9.17, 15) is 4.79 Å². The number of carbonyl (C=O) groups is 1. The number of aryl methyl sites for hydroxylation is 3. The van der Waals surface area contributed by atoms with E-state index < -0.39 is 0 Å². The van der Waals surface area contributed by atoms with Crippen molar-refractivity contribution in [3.63, 3.8) is 0 Å². The largest absolute Gasteiger partial charge is 0.347 e. The Balaban J connectivity index is 1.38. The molecule has 1 fully saturated rings. The van der Waals surface area contributed by atoms with Gasteiger partial charge in [0.05, 0.1) is 11.4 Å². The number of likely N-dealkylation sites (tertiary alicyclic amines) is 1. The summed E-state index contributed by atoms with van der Waals surface area (Å²) in [5.41, 5.74) is 6.52. The van der Waals surface area contributed by atoms with Crippen molar-refractivity contribution in [1.82, 2.24) is 25.2 Å². The third-order valence-corrected chi connectivity index (χ3v) is 5.65. The highest BCUT2D eigenvalue weighted by Gasteiger charge is 2.17. The minimum Gasteiger partial charge on any atom is -0.347 e. The molecule has 1 amide bonds. The van der Waals surface area contributed by atoms with Gasteiger partial charge in [0.2, 0.25) is 0 Å². The van der Waals surface area contributed by atoms with E-state index in [0.29, 0.717) is 17.9 Å². The van der Waals surface area contributed by atoms with Gasteiger partial charge < -0.3 is 5.32 Å². The van der Waals surface area contributed by atoms with E-state index in [-0.39, 0.29) is 5.91 Å². The summed E-state index contributed by atoms with van der Waals surface area (Å²) in [4.78, 5) is 16.7. The monoisotopic (exact) mass is 403 g/mol. The van der Waals surface area contributed by atoms with Gasteiger partial charge >= 0.3 is 0 Å². The fourth-order valence-electron chi connectivity index (χ4n) is 3.95. The Morgan fingerprint density at radius 1 is 0.967 bits per heavy atom. The van der Waals surface area contributed by atoms with Crippen molar-refractivity contribution >= 4 is 5.91 Å². The van der Waals surface area contributed by atoms with Gasteiger partial charge in [-0.2, -0.15) is 9.90 Å². The molecular formula is C24H29N5O. The number of nitrogens with zero attached hydrogens (tertiary/aromatic N) is 4. The first kappa shape index (κ1) is 20.3. The number of aromatic nitrogens is 3. The van der Waals surface area contributed by atoms with Crippen molar-refractivity contribution in [3.8, 4) is 5.69 Å². The predicted molar refractivity (Wildman–Crippen MR) is 118 cm³/mol. The number of carbonyl (C=O) groups excluding carboxylic acids is 1. The number of hydrogen-bond donors (Lipinski definition) is 1. The van der Waals surface area contributed by atoms with E-state index in [0.717, 1.165) is 23.4 Å². The van der Waals surface area contributed by atoms with Crippen molar-refractivity contribution in [2.45, 2.75) is 46.7 Å². The number of rotatable bonds is 6. The van der Waals surface area contributed by atoms with E-state index in [1.54, 1.807) is 4.80 Å². The van der Waals surface area contributed by atoms with Crippen molar-refractivity contribution in [2.75, 3.05) is 13.1 Å². The van der Waals surface area contributed by atoms with Gasteiger partial charge in [0.15, 0.2) is 5.69 Å². The molecule has 0 aliphatic carbocycles. The van der Waals surface area contributed by atoms with Gasteiger partial charge in [-0.25, -0.2) is 0 Å². The predicted octanol–water partition coefficient (Wildman–Crippen LogP) is 3.72. The number of amides is 1. The summed E-state index contributed by atoms with van der Waals surface area (Å²) in [6, 6.07) is 14.6. The fourth-order valence-corrected chi connectivity index (χ4v) is 3.95. The van der Waals surface area contributed by atoms with Crippen LogP contribution >= 0.6 is 0 Å². The van der Waals surface area contributed by atoms with Gasteiger partial charge in [-0.15, -0.1) is 5.10 Å². The molecule has 4 rings (SSSR count). The molecule has 1 saturated heterocycles. The van der Waals surface area contributed by atoms with Crippen LogP contribution in [0.4, 0.5) is 0 Å². The van der Waals surface area contributed by atoms with Crippen LogP contribution in [0.1, 0.15) is 51.3 Å². The molecule has 0 unspecified atom stereocenters. The molecule has 0 saturated carbocycles. The Hall–Kier alpha value is -2.99. The second kappa shape index (κ2) is 8.79. The highest BCUT2D eigenvalue weighted by atomic mass is 16.2. The maximum Gasteiger partial charge on any atom is 0.274 e. The summed E-state index contributed by atoms with van der Waals surface area (Å²) in [7, 11) is 0. The number of hydrogen-bond acceptors (Lipinski definition) is 4. The molecule has 0 bridgehead atoms. The number of benzene rings is 2. The molecule has 6 nitrogen and oxygen atoms in total. The van der Waals surface area contributed by atoms with Crippen LogP contribution in [0.25, 0.3) is 5.69 Å². The Kier molecular flexibility index (Phi) is 5.95. The molecule has 6 heteroatoms. The maximum absolute atomic E-state index is 12.7. The molecule has 2 aromatic carbocycles. The van der Waals surface area contributed by atoms with Crippen LogP contribution in [0, 0.1) is 20.8 Å². The van der Waals surface area contributed by atoms with Gasteiger partial charge in [-0.3, -0.25) is 9.69 Å². The molecule has 30 heavy (non-hydrogen) atoms. The lowest BCUT2D eigenvalue weighted by Crippen LogP contribution is -2.24. The molecule has 0 atom stereocenters. The summed E-state index contributed by atoms with van der Waals surface area (Å²) < 4.78 is 0. The molecule has 0 spiro atoms. The average molecular weight is 404 g/mol. The van der Waals surface area contributed by atoms with Crippen LogP contribution in [-0.2, 0) is 13.1 Å². The van der Waals surface area contributed by atoms with E-state index >= 15 is 0 Å². The van der Waals surface area contributed by atoms with Crippen LogP contribution in [0.2, 0.25) is 0 Å². The first-order valence-corrected chi connectivity index (χ1v) is 10.6. The summed E-state index contributed by atoms with van der Waals surface area (Å²) in [6.07, 6.45) is 2.61. The van der Waals surface area contributed by atoms with Crippen molar-refractivity contribution < 1.29 is 4.79 Å². The third-order valence-electron chi connectivity index (χ3n) is 5.65. The maximum atomic E-state index is 12.7. The molecule has 1 aliphatic heterocycles. The molecule has 1 aliphatic rings. The van der Waals surface area contributed by atoms with Crippen LogP contribution < -0.4 is 5.32 Å². The smallest absolute Gasteiger partial charge is 0.274 e. The lowest BCUT2D eigenvalue weighted by atomic mass is 10.1. The van der Waals surface area contributed by atoms with Gasteiger partial charge in [0.25, 0.3) is 5.91 Å². The van der Waals surface area contributed by atoms with E-state index in [4.69, 9.17) is 0 Å². The molecule has 0 radical (unpaired) electrons. The normalized spacial score (nSPS) is 14.2. The Bertz CT molecular complexity index is 1030. The zero-order valence-corrected chi connectivity index (χ0v) is 18.0. The summed E-state index contributed by atoms with van der Waals surface area (Å²) >= 11 is 0. The van der Waals surface area contributed by atoms with Crippen LogP contribution in [0.15, 0.2) is 42.5 Å². The van der Waals surface area contributed by atoms with E-state index in [1.807, 2.05) is 26.0 Å². The first-order chi connectivity index (χ1) is 14.5. The van der Waals surface area contributed by atoms with Crippen molar-refractivity contribution in [2.24, 2.45) is 0 Å². The van der Waals surface area contributed by atoms with Gasteiger partial charge in [0, 0.05) is 13.1 Å². The minimum atomic E-state index is -0.204. The van der Waals surface area contributed by atoms with Gasteiger partial charge in [0.1, 0.15) is 0 Å². The molecule has 1 aromatic heterocycles. The first-order valence-electron chi connectivity index (χ1n) is 10.6. The number of nitrogens with one attached hydrogen (secondary N) is 1. The average Bonchev–Trinajstić information content (AvgIpc) is 3.37. The Labute approximate surface area is 177 Å². The molecule has 1 N–H and O–H groups in total. The minimum absolute atomic E-state index is 0.204. The van der Waals surface area contributed by atoms with Crippen LogP contribution in [-0.4, -0.2) is 38.9 Å². The van der Waals surface area contributed by atoms with E-state index in [1.165, 1.54) is 37.1 Å². The van der Waals surface area contributed by atoms with E-state index in [2.05, 4.69) is 57.7 Å². The topological polar surface area (TPSA) is 63.1 Å². The zero-order valence-electron chi connectivity index (χ0n) is 18.0. The summed E-state index contributed by atoms with van der Waals surface area (Å²) in [5.74, 6) is -0.204. The zero-order chi connectivity index (χ0) is 21.1. The standard InChI is InChI=1S/C24H29N5O/c1-17-6-11-22(18(2)14-17)29-26-19(3)23(27-29)24(30)25-15-20-7-9-21(10-8-20)16-28-12-4-5-13-28/h6-11,14H,4-5,12-13,15-16H2,1-3H3,(H,25,30). The lowest BCUT2D eigenvalue weighted by Gasteiger charge is -2.14. The fraction of sp³-hybridized carbons (Fsp3) is 0.375. The highest BCUT2D eigenvalue weighted by molar-refractivity contribution is 5.93. The Morgan fingerprint density at radius 3 is 2.37 bits per heavy atom. The van der Waals surface area contributed by atoms with Crippen LogP contribution in [0.5, 0.6) is 0 Å². The Morgan fingerprint density at radius 2 is 1.67 bits per heavy atom. The van der Waals surface area contributed by atoms with Crippen molar-refractivity contribution in [1.29, 1.82) is 0 Å². The second-order valence-electron chi connectivity index (χ2n) is 8.20. The molecule has 3 aromatic rings. The summed E-state index contributed by atoms with van der Waals surface area (Å²) in [5, 5.41) is 11.9. The molecule has 156 valence electrons. The van der Waals surface area contributed by atoms with Crippen LogP contribution in [0.3, 0.4) is 0 Å². The molecular weight excluding hydrogens is 374 g/mol. The quantitative estimate of drug-likeness (QED) is 0.681. The third kappa shape index (κ3) is 4.60. The van der Waals surface area contributed by atoms with Crippen molar-refractivity contribution in [3.05, 3.63) is 76.1 Å². The lowest BCUT2D eigenvalue weighted by molar-refractivity contribution is 0.0945. The van der Waals surface area contributed by atoms with Gasteiger partial charge in [-0.1, -0.05) is 42.0 Å². The molecule has 2 heterocycles. The highest BCUT2D eigenvalue weighted by Crippen LogP contribution is 2.16.